The van der Waals surface area contributed by atoms with Crippen LogP contribution >= 0.6 is 11.6 Å². The zero-order valence-electron chi connectivity index (χ0n) is 10.2. The average molecular weight is 318 g/mol. The molecule has 6 nitrogen and oxygen atoms in total. The lowest BCUT2D eigenvalue weighted by molar-refractivity contribution is -0.170. The molecule has 2 aromatic rings. The highest BCUT2D eigenvalue weighted by Gasteiger charge is 2.43. The number of amides is 1. The summed E-state index contributed by atoms with van der Waals surface area (Å²) in [5.74, 6) is 2.10. The molecule has 0 aliphatic carbocycles. The first-order valence-corrected chi connectivity index (χ1v) is 5.78. The number of alkyl halides is 3. The monoisotopic (exact) mass is 317 g/mol. The van der Waals surface area contributed by atoms with Crippen molar-refractivity contribution < 1.29 is 18.0 Å². The summed E-state index contributed by atoms with van der Waals surface area (Å²) in [4.78, 5) is 14.8. The number of benzene rings is 1. The molecule has 110 valence electrons. The third-order valence-corrected chi connectivity index (χ3v) is 2.58. The molecule has 0 saturated heterocycles. The largest absolute Gasteiger partial charge is 0.473 e. The van der Waals surface area contributed by atoms with Crippen molar-refractivity contribution in [2.45, 2.75) is 6.18 Å². The van der Waals surface area contributed by atoms with Gasteiger partial charge in [-0.25, -0.2) is 15.8 Å². The highest BCUT2D eigenvalue weighted by molar-refractivity contribution is 6.30. The van der Waals surface area contributed by atoms with E-state index in [1.165, 1.54) is 12.3 Å². The molecule has 0 saturated carbocycles. The van der Waals surface area contributed by atoms with Crippen molar-refractivity contribution in [2.24, 2.45) is 5.84 Å². The Kier molecular flexibility index (Phi) is 4.05. The minimum Gasteiger partial charge on any atom is -0.262 e. The minimum atomic E-state index is -5.13. The van der Waals surface area contributed by atoms with E-state index in [1.807, 2.05) is 0 Å². The molecule has 1 aromatic carbocycles. The SMILES string of the molecule is NN(C(=O)C(F)(F)F)c1nncc(-c2cccc(Cl)c2)n1. The fraction of sp³-hybridized carbons (Fsp3) is 0.0909. The Bertz CT molecular complexity index is 679. The van der Waals surface area contributed by atoms with Gasteiger partial charge in [-0.2, -0.15) is 18.3 Å². The van der Waals surface area contributed by atoms with Crippen molar-refractivity contribution in [2.75, 3.05) is 5.01 Å². The predicted molar refractivity (Wildman–Crippen MR) is 68.0 cm³/mol. The zero-order valence-corrected chi connectivity index (χ0v) is 10.9. The van der Waals surface area contributed by atoms with E-state index in [2.05, 4.69) is 15.2 Å². The van der Waals surface area contributed by atoms with Gasteiger partial charge < -0.3 is 0 Å². The van der Waals surface area contributed by atoms with Crippen LogP contribution < -0.4 is 10.9 Å². The number of anilines is 1. The molecule has 0 spiro atoms. The summed E-state index contributed by atoms with van der Waals surface area (Å²) in [7, 11) is 0. The van der Waals surface area contributed by atoms with Gasteiger partial charge in [-0.15, -0.1) is 5.10 Å². The van der Waals surface area contributed by atoms with Crippen molar-refractivity contribution in [3.8, 4) is 11.3 Å². The van der Waals surface area contributed by atoms with Crippen LogP contribution in [0.1, 0.15) is 0 Å². The lowest BCUT2D eigenvalue weighted by Gasteiger charge is -2.15. The number of hydrogen-bond donors (Lipinski definition) is 1. The van der Waals surface area contributed by atoms with Gasteiger partial charge in [0.05, 0.1) is 11.9 Å². The summed E-state index contributed by atoms with van der Waals surface area (Å²) in [6.45, 7) is 0. The van der Waals surface area contributed by atoms with Crippen LogP contribution in [-0.4, -0.2) is 27.3 Å². The number of nitrogens with two attached hydrogens (primary N) is 1. The molecule has 2 N–H and O–H groups in total. The Balaban J connectivity index is 2.36. The number of hydrazine groups is 1. The van der Waals surface area contributed by atoms with E-state index >= 15 is 0 Å². The van der Waals surface area contributed by atoms with Gasteiger partial charge in [0.15, 0.2) is 0 Å². The Labute approximate surface area is 121 Å². The molecule has 0 aliphatic heterocycles. The third-order valence-electron chi connectivity index (χ3n) is 2.34. The molecule has 0 unspecified atom stereocenters. The van der Waals surface area contributed by atoms with Crippen LogP contribution in [0.15, 0.2) is 30.5 Å². The van der Waals surface area contributed by atoms with Gasteiger partial charge in [-0.3, -0.25) is 4.79 Å². The quantitative estimate of drug-likeness (QED) is 0.520. The number of aromatic nitrogens is 3. The molecule has 1 heterocycles. The van der Waals surface area contributed by atoms with Gasteiger partial charge >= 0.3 is 12.1 Å². The molecule has 0 atom stereocenters. The van der Waals surface area contributed by atoms with Gasteiger partial charge in [0.25, 0.3) is 5.95 Å². The van der Waals surface area contributed by atoms with Crippen LogP contribution in [0.25, 0.3) is 11.3 Å². The lowest BCUT2D eigenvalue weighted by atomic mass is 10.2. The second-order valence-corrected chi connectivity index (χ2v) is 4.26. The molecular weight excluding hydrogens is 311 g/mol. The van der Waals surface area contributed by atoms with Crippen LogP contribution in [0.5, 0.6) is 0 Å². The molecule has 1 aromatic heterocycles. The third kappa shape index (κ3) is 3.44. The minimum absolute atomic E-state index is 0.174. The standard InChI is InChI=1S/C11H7ClF3N5O/c12-7-3-1-2-6(4-7)8-5-17-19-10(18-8)20(16)9(21)11(13,14)15/h1-5H,16H2. The van der Waals surface area contributed by atoms with Gasteiger partial charge in [0, 0.05) is 10.6 Å². The highest BCUT2D eigenvalue weighted by atomic mass is 35.5. The summed E-state index contributed by atoms with van der Waals surface area (Å²) < 4.78 is 36.9. The molecule has 0 fully saturated rings. The topological polar surface area (TPSA) is 85.0 Å². The summed E-state index contributed by atoms with van der Waals surface area (Å²) in [6.07, 6.45) is -3.93. The Hall–Kier alpha value is -2.26. The van der Waals surface area contributed by atoms with Crippen molar-refractivity contribution in [3.63, 3.8) is 0 Å². The molecule has 0 bridgehead atoms. The molecule has 2 rings (SSSR count). The first kappa shape index (κ1) is 15.1. The lowest BCUT2D eigenvalue weighted by Crippen LogP contribution is -2.46. The van der Waals surface area contributed by atoms with Crippen molar-refractivity contribution in [3.05, 3.63) is 35.5 Å². The molecule has 21 heavy (non-hydrogen) atoms. The van der Waals surface area contributed by atoms with E-state index in [0.717, 1.165) is 0 Å². The summed E-state index contributed by atoms with van der Waals surface area (Å²) in [6, 6.07) is 6.39. The smallest absolute Gasteiger partial charge is 0.262 e. The number of carbonyl (C=O) groups is 1. The Morgan fingerprint density at radius 3 is 2.67 bits per heavy atom. The van der Waals surface area contributed by atoms with Crippen LogP contribution in [-0.2, 0) is 4.79 Å². The molecule has 1 amide bonds. The average Bonchev–Trinajstić information content (AvgIpc) is 2.45. The van der Waals surface area contributed by atoms with Crippen molar-refractivity contribution in [1.82, 2.24) is 15.2 Å². The van der Waals surface area contributed by atoms with E-state index in [0.29, 0.717) is 10.6 Å². The first-order valence-electron chi connectivity index (χ1n) is 5.40. The predicted octanol–water partition coefficient (Wildman–Crippen LogP) is 1.96. The summed E-state index contributed by atoms with van der Waals surface area (Å²) in [5, 5.41) is 6.99. The van der Waals surface area contributed by atoms with E-state index in [-0.39, 0.29) is 10.7 Å². The number of nitrogens with zero attached hydrogens (tertiary/aromatic N) is 4. The maximum Gasteiger partial charge on any atom is 0.473 e. The van der Waals surface area contributed by atoms with Crippen LogP contribution in [0, 0.1) is 0 Å². The maximum atomic E-state index is 12.3. The number of hydrogen-bond acceptors (Lipinski definition) is 5. The highest BCUT2D eigenvalue weighted by Crippen LogP contribution is 2.23. The van der Waals surface area contributed by atoms with Crippen molar-refractivity contribution >= 4 is 23.5 Å². The van der Waals surface area contributed by atoms with E-state index in [9.17, 15) is 18.0 Å². The normalized spacial score (nSPS) is 11.3. The van der Waals surface area contributed by atoms with Crippen LogP contribution in [0.2, 0.25) is 5.02 Å². The Morgan fingerprint density at radius 2 is 2.05 bits per heavy atom. The number of halogens is 4. The second-order valence-electron chi connectivity index (χ2n) is 3.82. The van der Waals surface area contributed by atoms with Crippen molar-refractivity contribution in [1.29, 1.82) is 0 Å². The molecule has 10 heteroatoms. The Morgan fingerprint density at radius 1 is 1.33 bits per heavy atom. The van der Waals surface area contributed by atoms with E-state index < -0.39 is 18.0 Å². The number of carbonyl (C=O) groups excluding carboxylic acids is 1. The first-order chi connectivity index (χ1) is 9.79. The van der Waals surface area contributed by atoms with Crippen LogP contribution in [0.3, 0.4) is 0 Å². The van der Waals surface area contributed by atoms with E-state index in [1.54, 1.807) is 18.2 Å². The van der Waals surface area contributed by atoms with Gasteiger partial charge in [0.2, 0.25) is 0 Å². The second kappa shape index (κ2) is 5.62. The maximum absolute atomic E-state index is 12.3. The van der Waals surface area contributed by atoms with Gasteiger partial charge in [0.1, 0.15) is 0 Å². The number of rotatable bonds is 2. The van der Waals surface area contributed by atoms with Crippen LogP contribution in [0.4, 0.5) is 19.1 Å². The summed E-state index contributed by atoms with van der Waals surface area (Å²) >= 11 is 5.81. The molecule has 0 radical (unpaired) electrons. The molecular formula is C11H7ClF3N5O. The molecule has 0 aliphatic rings. The van der Waals surface area contributed by atoms with Gasteiger partial charge in [-0.05, 0) is 12.1 Å². The van der Waals surface area contributed by atoms with Gasteiger partial charge in [-0.1, -0.05) is 23.7 Å². The fourth-order valence-corrected chi connectivity index (χ4v) is 1.60. The fourth-order valence-electron chi connectivity index (χ4n) is 1.41. The zero-order chi connectivity index (χ0) is 15.6. The summed E-state index contributed by atoms with van der Waals surface area (Å²) in [5.41, 5.74) is 0.666. The van der Waals surface area contributed by atoms with E-state index in [4.69, 9.17) is 17.4 Å².